The number of hydrogen-bond acceptors (Lipinski definition) is 5. The van der Waals surface area contributed by atoms with E-state index >= 15 is 0 Å². The second kappa shape index (κ2) is 8.07. The summed E-state index contributed by atoms with van der Waals surface area (Å²) >= 11 is 1.30. The van der Waals surface area contributed by atoms with Crippen molar-refractivity contribution >= 4 is 27.3 Å². The molecule has 1 aromatic heterocycles. The van der Waals surface area contributed by atoms with Crippen molar-refractivity contribution in [3.8, 4) is 0 Å². The van der Waals surface area contributed by atoms with Crippen LogP contribution in [0, 0.1) is 0 Å². The zero-order valence-electron chi connectivity index (χ0n) is 13.7. The molecular formula is C15H19F3N2O4S2. The number of nitrogens with zero attached hydrogens (tertiary/aromatic N) is 2. The Kier molecular flexibility index (Phi) is 6.48. The fourth-order valence-electron chi connectivity index (χ4n) is 3.25. The van der Waals surface area contributed by atoms with E-state index < -0.39 is 22.2 Å². The maximum Gasteiger partial charge on any atom is 0.490 e. The van der Waals surface area contributed by atoms with Crippen molar-refractivity contribution in [3.05, 3.63) is 30.2 Å². The summed E-state index contributed by atoms with van der Waals surface area (Å²) in [7, 11) is -3.29. The van der Waals surface area contributed by atoms with Crippen LogP contribution >= 0.6 is 11.3 Å². The van der Waals surface area contributed by atoms with Gasteiger partial charge in [-0.05, 0) is 24.3 Å². The molecule has 6 nitrogen and oxygen atoms in total. The third-order valence-corrected chi connectivity index (χ3v) is 7.60. The molecule has 1 N–H and O–H groups in total. The van der Waals surface area contributed by atoms with Gasteiger partial charge in [-0.25, -0.2) is 13.2 Å². The first kappa shape index (κ1) is 20.9. The van der Waals surface area contributed by atoms with Crippen molar-refractivity contribution in [1.82, 2.24) is 9.21 Å². The first-order valence-corrected chi connectivity index (χ1v) is 10.1. The third-order valence-electron chi connectivity index (χ3n) is 4.30. The Morgan fingerprint density at radius 3 is 2.46 bits per heavy atom. The third kappa shape index (κ3) is 4.45. The Bertz CT molecular complexity index is 735. The number of hydrogen-bond donors (Lipinski definition) is 1. The second-order valence-corrected chi connectivity index (χ2v) is 8.91. The van der Waals surface area contributed by atoms with Gasteiger partial charge in [0.1, 0.15) is 4.21 Å². The highest BCUT2D eigenvalue weighted by molar-refractivity contribution is 7.91. The van der Waals surface area contributed by atoms with E-state index in [1.165, 1.54) is 11.3 Å². The number of carboxylic acid groups (broad SMARTS) is 1. The lowest BCUT2D eigenvalue weighted by Crippen LogP contribution is -2.39. The maximum absolute atomic E-state index is 12.6. The topological polar surface area (TPSA) is 77.9 Å². The highest BCUT2D eigenvalue weighted by atomic mass is 32.2. The minimum atomic E-state index is -5.08. The van der Waals surface area contributed by atoms with E-state index in [1.54, 1.807) is 16.4 Å². The van der Waals surface area contributed by atoms with Crippen molar-refractivity contribution in [3.63, 3.8) is 0 Å². The minimum absolute atomic E-state index is 0.145. The Morgan fingerprint density at radius 1 is 1.35 bits per heavy atom. The number of thiophene rings is 1. The standard InChI is InChI=1S/C13H18N2O2S2.C2HF3O2/c1-2-7-14-8-5-12-11(14)6-9-15(12)19(16,17)13-4-3-10-18-13;3-2(4,5)1(6)7/h2-4,10-12H,1,5-9H2;(H,6,7)/t11-,12+;/m0./s1. The predicted octanol–water partition coefficient (Wildman–Crippen LogP) is 2.40. The van der Waals surface area contributed by atoms with Gasteiger partial charge in [0.2, 0.25) is 0 Å². The summed E-state index contributed by atoms with van der Waals surface area (Å²) in [5, 5.41) is 8.94. The lowest BCUT2D eigenvalue weighted by atomic mass is 10.1. The van der Waals surface area contributed by atoms with Gasteiger partial charge in [0.15, 0.2) is 0 Å². The molecule has 0 aromatic carbocycles. The fraction of sp³-hybridized carbons (Fsp3) is 0.533. The zero-order valence-corrected chi connectivity index (χ0v) is 15.4. The highest BCUT2D eigenvalue weighted by Gasteiger charge is 2.47. The summed E-state index contributed by atoms with van der Waals surface area (Å²) in [6.07, 6.45) is -1.31. The number of carboxylic acids is 1. The van der Waals surface area contributed by atoms with Crippen LogP contribution in [0.2, 0.25) is 0 Å². The molecule has 11 heteroatoms. The van der Waals surface area contributed by atoms with Crippen LogP contribution in [0.1, 0.15) is 12.8 Å². The van der Waals surface area contributed by atoms with Gasteiger partial charge in [-0.15, -0.1) is 17.9 Å². The Hall–Kier alpha value is -1.43. The summed E-state index contributed by atoms with van der Waals surface area (Å²) in [6.45, 7) is 6.24. The maximum atomic E-state index is 12.6. The van der Waals surface area contributed by atoms with Crippen LogP contribution in [-0.2, 0) is 14.8 Å². The quantitative estimate of drug-likeness (QED) is 0.769. The summed E-state index contributed by atoms with van der Waals surface area (Å²) in [5.74, 6) is -2.76. The molecule has 0 radical (unpaired) electrons. The first-order valence-electron chi connectivity index (χ1n) is 7.79. The molecule has 0 unspecified atom stereocenters. The van der Waals surface area contributed by atoms with E-state index in [1.807, 2.05) is 11.5 Å². The number of fused-ring (bicyclic) bond motifs is 1. The van der Waals surface area contributed by atoms with Gasteiger partial charge in [0.25, 0.3) is 10.0 Å². The van der Waals surface area contributed by atoms with Gasteiger partial charge in [-0.3, -0.25) is 4.90 Å². The SMILES string of the molecule is C=CCN1CC[C@@H]2[C@@H]1CCN2S(=O)(=O)c1cccs1.O=C(O)C(F)(F)F. The smallest absolute Gasteiger partial charge is 0.475 e. The van der Waals surface area contributed by atoms with E-state index in [0.29, 0.717) is 16.8 Å². The van der Waals surface area contributed by atoms with Gasteiger partial charge in [0, 0.05) is 31.7 Å². The van der Waals surface area contributed by atoms with Gasteiger partial charge < -0.3 is 5.11 Å². The molecule has 1 aromatic rings. The van der Waals surface area contributed by atoms with Crippen molar-refractivity contribution in [2.24, 2.45) is 0 Å². The average Bonchev–Trinajstić information content (AvgIpc) is 3.25. The predicted molar refractivity (Wildman–Crippen MR) is 90.5 cm³/mol. The van der Waals surface area contributed by atoms with E-state index in [0.717, 1.165) is 25.9 Å². The molecule has 0 bridgehead atoms. The summed E-state index contributed by atoms with van der Waals surface area (Å²) in [4.78, 5) is 11.2. The monoisotopic (exact) mass is 412 g/mol. The number of alkyl halides is 3. The molecule has 3 rings (SSSR count). The summed E-state index contributed by atoms with van der Waals surface area (Å²) in [6, 6.07) is 4.01. The van der Waals surface area contributed by atoms with Crippen LogP contribution in [0.5, 0.6) is 0 Å². The zero-order chi connectivity index (χ0) is 19.5. The van der Waals surface area contributed by atoms with Crippen molar-refractivity contribution < 1.29 is 31.5 Å². The first-order chi connectivity index (χ1) is 12.1. The van der Waals surface area contributed by atoms with Gasteiger partial charge in [-0.2, -0.15) is 17.5 Å². The Labute approximate surface area is 153 Å². The molecule has 0 aliphatic carbocycles. The lowest BCUT2D eigenvalue weighted by molar-refractivity contribution is -0.192. The van der Waals surface area contributed by atoms with Crippen molar-refractivity contribution in [2.45, 2.75) is 35.3 Å². The molecule has 2 atom stereocenters. The van der Waals surface area contributed by atoms with Crippen LogP contribution in [0.25, 0.3) is 0 Å². The molecule has 0 amide bonds. The van der Waals surface area contributed by atoms with Crippen LogP contribution in [0.4, 0.5) is 13.2 Å². The van der Waals surface area contributed by atoms with Crippen LogP contribution in [-0.4, -0.2) is 66.6 Å². The molecular weight excluding hydrogens is 393 g/mol. The molecule has 2 saturated heterocycles. The Morgan fingerprint density at radius 2 is 1.96 bits per heavy atom. The number of aliphatic carboxylic acids is 1. The number of likely N-dealkylation sites (tertiary alicyclic amines) is 1. The largest absolute Gasteiger partial charge is 0.490 e. The molecule has 26 heavy (non-hydrogen) atoms. The number of sulfonamides is 1. The number of halogens is 3. The second-order valence-electron chi connectivity index (χ2n) is 5.85. The van der Waals surface area contributed by atoms with E-state index in [9.17, 15) is 21.6 Å². The van der Waals surface area contributed by atoms with Crippen LogP contribution in [0.3, 0.4) is 0 Å². The lowest BCUT2D eigenvalue weighted by Gasteiger charge is -2.24. The highest BCUT2D eigenvalue weighted by Crippen LogP contribution is 2.36. The minimum Gasteiger partial charge on any atom is -0.475 e. The molecule has 0 saturated carbocycles. The number of rotatable bonds is 4. The molecule has 2 aliphatic rings. The molecule has 3 heterocycles. The van der Waals surface area contributed by atoms with Crippen LogP contribution in [0.15, 0.2) is 34.4 Å². The average molecular weight is 412 g/mol. The van der Waals surface area contributed by atoms with E-state index in [2.05, 4.69) is 11.5 Å². The van der Waals surface area contributed by atoms with Crippen molar-refractivity contribution in [2.75, 3.05) is 19.6 Å². The van der Waals surface area contributed by atoms with E-state index in [-0.39, 0.29) is 6.04 Å². The van der Waals surface area contributed by atoms with E-state index in [4.69, 9.17) is 9.90 Å². The van der Waals surface area contributed by atoms with Crippen molar-refractivity contribution in [1.29, 1.82) is 0 Å². The van der Waals surface area contributed by atoms with Crippen LogP contribution < -0.4 is 0 Å². The van der Waals surface area contributed by atoms with Gasteiger partial charge >= 0.3 is 12.1 Å². The molecule has 2 aliphatic heterocycles. The number of carbonyl (C=O) groups is 1. The van der Waals surface area contributed by atoms with Gasteiger partial charge in [-0.1, -0.05) is 12.1 Å². The normalized spacial score (nSPS) is 24.0. The van der Waals surface area contributed by atoms with Gasteiger partial charge in [0.05, 0.1) is 0 Å². The molecule has 0 spiro atoms. The summed E-state index contributed by atoms with van der Waals surface area (Å²) < 4.78 is 59.1. The summed E-state index contributed by atoms with van der Waals surface area (Å²) in [5.41, 5.74) is 0. The fourth-order valence-corrected chi connectivity index (χ4v) is 6.07. The molecule has 2 fully saturated rings. The molecule has 146 valence electrons. The Balaban J connectivity index is 0.000000298.